The molecular weight excluding hydrogens is 194 g/mol. The maximum atomic E-state index is 11.6. The van der Waals surface area contributed by atoms with Crippen molar-refractivity contribution in [3.8, 4) is 0 Å². The Bertz CT molecular complexity index is 345. The van der Waals surface area contributed by atoms with Crippen molar-refractivity contribution in [2.45, 2.75) is 25.8 Å². The number of rotatable bonds is 2. The van der Waals surface area contributed by atoms with E-state index >= 15 is 0 Å². The van der Waals surface area contributed by atoms with Crippen molar-refractivity contribution in [3.05, 3.63) is 21.9 Å². The predicted octanol–water partition coefficient (Wildman–Crippen LogP) is 1.87. The largest absolute Gasteiger partial charge is 0.298 e. The average Bonchev–Trinajstić information content (AvgIpc) is 2.67. The van der Waals surface area contributed by atoms with Crippen LogP contribution in [0, 0.1) is 6.92 Å². The maximum absolute atomic E-state index is 11.6. The number of likely N-dealkylation sites (tertiary alicyclic amines) is 1. The van der Waals surface area contributed by atoms with Crippen LogP contribution in [-0.2, 0) is 11.2 Å². The summed E-state index contributed by atoms with van der Waals surface area (Å²) >= 11 is 1.76. The first-order valence-electron chi connectivity index (χ1n) is 4.94. The highest BCUT2D eigenvalue weighted by Gasteiger charge is 2.29. The molecule has 1 unspecified atom stereocenters. The first-order valence-corrected chi connectivity index (χ1v) is 5.82. The number of thiophene rings is 1. The van der Waals surface area contributed by atoms with E-state index in [-0.39, 0.29) is 6.04 Å². The van der Waals surface area contributed by atoms with Crippen molar-refractivity contribution >= 4 is 17.1 Å². The van der Waals surface area contributed by atoms with Gasteiger partial charge in [0, 0.05) is 24.3 Å². The molecule has 14 heavy (non-hydrogen) atoms. The van der Waals surface area contributed by atoms with E-state index in [9.17, 15) is 4.79 Å². The number of nitrogens with zero attached hydrogens (tertiary/aromatic N) is 1. The number of hydrogen-bond acceptors (Lipinski definition) is 3. The minimum Gasteiger partial charge on any atom is -0.298 e. The molecule has 1 aromatic heterocycles. The van der Waals surface area contributed by atoms with E-state index in [2.05, 4.69) is 23.3 Å². The third-order valence-corrected chi connectivity index (χ3v) is 4.01. The Labute approximate surface area is 88.5 Å². The first-order chi connectivity index (χ1) is 6.68. The van der Waals surface area contributed by atoms with Gasteiger partial charge in [-0.15, -0.1) is 11.3 Å². The summed E-state index contributed by atoms with van der Waals surface area (Å²) in [6.07, 6.45) is 1.63. The van der Waals surface area contributed by atoms with Crippen LogP contribution in [0.3, 0.4) is 0 Å². The van der Waals surface area contributed by atoms with Crippen LogP contribution in [0.4, 0.5) is 0 Å². The van der Waals surface area contributed by atoms with Crippen LogP contribution in [0.15, 0.2) is 11.4 Å². The fourth-order valence-corrected chi connectivity index (χ4v) is 2.86. The molecule has 0 radical (unpaired) electrons. The van der Waals surface area contributed by atoms with Crippen LogP contribution in [0.2, 0.25) is 0 Å². The summed E-state index contributed by atoms with van der Waals surface area (Å²) in [6.45, 7) is 3.04. The molecule has 1 saturated heterocycles. The highest BCUT2D eigenvalue weighted by Crippen LogP contribution is 2.22. The number of carbonyl (C=O) groups is 1. The third-order valence-electron chi connectivity index (χ3n) is 2.96. The summed E-state index contributed by atoms with van der Waals surface area (Å²) in [7, 11) is 2.04. The molecule has 0 spiro atoms. The molecule has 1 aromatic rings. The van der Waals surface area contributed by atoms with Gasteiger partial charge in [-0.2, -0.15) is 0 Å². The molecule has 76 valence electrons. The van der Waals surface area contributed by atoms with Crippen molar-refractivity contribution in [2.24, 2.45) is 0 Å². The molecule has 0 amide bonds. The van der Waals surface area contributed by atoms with Crippen LogP contribution in [0.5, 0.6) is 0 Å². The SMILES string of the molecule is Cc1ccsc1CC1C(=O)CCN1C. The Morgan fingerprint density at radius 2 is 2.43 bits per heavy atom. The Morgan fingerprint density at radius 1 is 1.64 bits per heavy atom. The average molecular weight is 209 g/mol. The van der Waals surface area contributed by atoms with E-state index in [1.807, 2.05) is 7.05 Å². The summed E-state index contributed by atoms with van der Waals surface area (Å²) < 4.78 is 0. The standard InChI is InChI=1S/C11H15NOS/c1-8-4-6-14-11(8)7-9-10(13)3-5-12(9)2/h4,6,9H,3,5,7H2,1-2H3. The van der Waals surface area contributed by atoms with Gasteiger partial charge in [0.2, 0.25) is 0 Å². The molecule has 0 aliphatic carbocycles. The Kier molecular flexibility index (Phi) is 2.70. The number of ketones is 1. The molecule has 1 fully saturated rings. The molecule has 1 aliphatic heterocycles. The number of hydrogen-bond donors (Lipinski definition) is 0. The lowest BCUT2D eigenvalue weighted by atomic mass is 10.1. The molecule has 2 rings (SSSR count). The topological polar surface area (TPSA) is 20.3 Å². The molecule has 0 saturated carbocycles. The predicted molar refractivity (Wildman–Crippen MR) is 58.8 cm³/mol. The second-order valence-electron chi connectivity index (χ2n) is 3.94. The van der Waals surface area contributed by atoms with Gasteiger partial charge in [-0.3, -0.25) is 9.69 Å². The van der Waals surface area contributed by atoms with Crippen molar-refractivity contribution in [3.63, 3.8) is 0 Å². The van der Waals surface area contributed by atoms with E-state index in [0.717, 1.165) is 19.4 Å². The van der Waals surface area contributed by atoms with Crippen molar-refractivity contribution in [1.29, 1.82) is 0 Å². The zero-order valence-electron chi connectivity index (χ0n) is 8.62. The Morgan fingerprint density at radius 3 is 2.93 bits per heavy atom. The van der Waals surface area contributed by atoms with Gasteiger partial charge in [-0.05, 0) is 31.0 Å². The molecule has 0 aromatic carbocycles. The van der Waals surface area contributed by atoms with Crippen LogP contribution >= 0.6 is 11.3 Å². The lowest BCUT2D eigenvalue weighted by Gasteiger charge is -2.17. The van der Waals surface area contributed by atoms with Crippen molar-refractivity contribution < 1.29 is 4.79 Å². The zero-order chi connectivity index (χ0) is 10.1. The molecular formula is C11H15NOS. The quantitative estimate of drug-likeness (QED) is 0.741. The fraction of sp³-hybridized carbons (Fsp3) is 0.545. The molecule has 1 aliphatic rings. The second-order valence-corrected chi connectivity index (χ2v) is 4.94. The van der Waals surface area contributed by atoms with Crippen LogP contribution in [0.1, 0.15) is 16.9 Å². The van der Waals surface area contributed by atoms with Crippen molar-refractivity contribution in [2.75, 3.05) is 13.6 Å². The smallest absolute Gasteiger partial charge is 0.151 e. The summed E-state index contributed by atoms with van der Waals surface area (Å²) in [5, 5.41) is 2.10. The zero-order valence-corrected chi connectivity index (χ0v) is 9.43. The van der Waals surface area contributed by atoms with Gasteiger partial charge in [0.25, 0.3) is 0 Å². The van der Waals surface area contributed by atoms with Crippen LogP contribution in [0.25, 0.3) is 0 Å². The number of likely N-dealkylation sites (N-methyl/N-ethyl adjacent to an activating group) is 1. The van der Waals surface area contributed by atoms with Crippen molar-refractivity contribution in [1.82, 2.24) is 4.90 Å². The monoisotopic (exact) mass is 209 g/mol. The van der Waals surface area contributed by atoms with Crippen LogP contribution < -0.4 is 0 Å². The van der Waals surface area contributed by atoms with Gasteiger partial charge in [0.15, 0.2) is 5.78 Å². The number of Topliss-reactive ketones (excluding diaryl/α,β-unsaturated/α-hetero) is 1. The molecule has 2 nitrogen and oxygen atoms in total. The van der Waals surface area contributed by atoms with E-state index in [4.69, 9.17) is 0 Å². The van der Waals surface area contributed by atoms with Gasteiger partial charge in [0.1, 0.15) is 0 Å². The summed E-state index contributed by atoms with van der Waals surface area (Å²) in [6, 6.07) is 2.26. The summed E-state index contributed by atoms with van der Waals surface area (Å²) in [5.74, 6) is 0.403. The van der Waals surface area contributed by atoms with Gasteiger partial charge >= 0.3 is 0 Å². The number of carbonyl (C=O) groups excluding carboxylic acids is 1. The molecule has 3 heteroatoms. The highest BCUT2D eigenvalue weighted by atomic mass is 32.1. The fourth-order valence-electron chi connectivity index (χ4n) is 1.91. The van der Waals surface area contributed by atoms with Gasteiger partial charge < -0.3 is 0 Å². The minimum atomic E-state index is 0.132. The van der Waals surface area contributed by atoms with Gasteiger partial charge in [0.05, 0.1) is 6.04 Å². The molecule has 1 atom stereocenters. The lowest BCUT2D eigenvalue weighted by molar-refractivity contribution is -0.119. The minimum absolute atomic E-state index is 0.132. The molecule has 0 N–H and O–H groups in total. The van der Waals surface area contributed by atoms with E-state index in [0.29, 0.717) is 5.78 Å². The second kappa shape index (κ2) is 3.83. The highest BCUT2D eigenvalue weighted by molar-refractivity contribution is 7.10. The van der Waals surface area contributed by atoms with Crippen LogP contribution in [-0.4, -0.2) is 30.3 Å². The molecule has 2 heterocycles. The van der Waals surface area contributed by atoms with E-state index in [1.165, 1.54) is 10.4 Å². The Balaban J connectivity index is 2.11. The van der Waals surface area contributed by atoms with E-state index in [1.54, 1.807) is 11.3 Å². The Hall–Kier alpha value is -0.670. The van der Waals surface area contributed by atoms with Gasteiger partial charge in [-0.25, -0.2) is 0 Å². The summed E-state index contributed by atoms with van der Waals surface area (Å²) in [5.41, 5.74) is 1.32. The van der Waals surface area contributed by atoms with E-state index < -0.39 is 0 Å². The van der Waals surface area contributed by atoms with Gasteiger partial charge in [-0.1, -0.05) is 0 Å². The molecule has 0 bridgehead atoms. The normalized spacial score (nSPS) is 23.3. The maximum Gasteiger partial charge on any atom is 0.151 e. The first kappa shape index (κ1) is 9.87. The third kappa shape index (κ3) is 1.74. The number of aryl methyl sites for hydroxylation is 1. The lowest BCUT2D eigenvalue weighted by Crippen LogP contribution is -2.31. The summed E-state index contributed by atoms with van der Waals surface area (Å²) in [4.78, 5) is 15.1.